The van der Waals surface area contributed by atoms with Gasteiger partial charge in [-0.15, -0.1) is 22.7 Å². The predicted molar refractivity (Wildman–Crippen MR) is 220 cm³/mol. The Balaban J connectivity index is 1.70. The summed E-state index contributed by atoms with van der Waals surface area (Å²) >= 11 is 10.7. The normalized spacial score (nSPS) is 14.9. The molecule has 2 nitrogen and oxygen atoms in total. The molecular weight excluding hydrogens is 768 g/mol. The molecule has 254 valence electrons. The molecule has 0 bridgehead atoms. The molecular formula is C43H46Br2N2S2. The Morgan fingerprint density at radius 1 is 0.673 bits per heavy atom. The molecule has 49 heavy (non-hydrogen) atoms. The minimum absolute atomic E-state index is 0.0898. The highest BCUT2D eigenvalue weighted by atomic mass is 79.9. The molecule has 2 heterocycles. The minimum atomic E-state index is -0.0898. The van der Waals surface area contributed by atoms with Crippen molar-refractivity contribution in [1.29, 1.82) is 10.5 Å². The molecule has 0 spiro atoms. The third-order valence-electron chi connectivity index (χ3n) is 10.2. The van der Waals surface area contributed by atoms with Crippen LogP contribution in [0.15, 0.2) is 69.6 Å². The first kappa shape index (κ1) is 37.5. The number of hydrogen-bond acceptors (Lipinski definition) is 4. The predicted octanol–water partition coefficient (Wildman–Crippen LogP) is 14.9. The lowest BCUT2D eigenvalue weighted by Gasteiger charge is -2.37. The van der Waals surface area contributed by atoms with Crippen LogP contribution < -0.4 is 0 Å². The van der Waals surface area contributed by atoms with Crippen molar-refractivity contribution in [1.82, 2.24) is 0 Å². The van der Waals surface area contributed by atoms with Crippen LogP contribution >= 0.6 is 54.5 Å². The molecule has 2 unspecified atom stereocenters. The molecule has 0 radical (unpaired) electrons. The number of nitrogens with zero attached hydrogens (tertiary/aromatic N) is 2. The Kier molecular flexibility index (Phi) is 13.4. The van der Waals surface area contributed by atoms with Crippen molar-refractivity contribution in [2.75, 3.05) is 0 Å². The number of benzene rings is 2. The van der Waals surface area contributed by atoms with Crippen molar-refractivity contribution in [2.45, 2.75) is 97.3 Å². The molecule has 1 aliphatic carbocycles. The first-order valence-corrected chi connectivity index (χ1v) is 21.0. The van der Waals surface area contributed by atoms with Gasteiger partial charge in [0.25, 0.3) is 0 Å². The first-order valence-electron chi connectivity index (χ1n) is 17.8. The Bertz CT molecular complexity index is 1720. The quantitative estimate of drug-likeness (QED) is 0.106. The zero-order valence-corrected chi connectivity index (χ0v) is 33.9. The topological polar surface area (TPSA) is 47.6 Å². The van der Waals surface area contributed by atoms with E-state index in [9.17, 15) is 10.5 Å². The van der Waals surface area contributed by atoms with Crippen LogP contribution in [0.25, 0.3) is 33.1 Å². The van der Waals surface area contributed by atoms with Crippen LogP contribution in [0.2, 0.25) is 0 Å². The SMILES string of the molecule is CCCCC(CC)CC1(CC(CC)CCCC)c2cc(/C=C(\C#N)c3ccc(Br)cc3)sc2-c2sc(/C=C(\C#N)c3ccc(Br)cc3)cc21. The fourth-order valence-electron chi connectivity index (χ4n) is 7.45. The van der Waals surface area contributed by atoms with Crippen LogP contribution in [0.3, 0.4) is 0 Å². The molecule has 2 atom stereocenters. The number of nitriles is 2. The van der Waals surface area contributed by atoms with Gasteiger partial charge in [-0.05, 0) is 95.5 Å². The van der Waals surface area contributed by atoms with Crippen LogP contribution in [-0.2, 0) is 5.41 Å². The summed E-state index contributed by atoms with van der Waals surface area (Å²) < 4.78 is 2.01. The van der Waals surface area contributed by atoms with E-state index in [2.05, 4.69) is 96.0 Å². The zero-order chi connectivity index (χ0) is 35.0. The number of allylic oxidation sites excluding steroid dienone is 2. The summed E-state index contributed by atoms with van der Waals surface area (Å²) in [5, 5.41) is 20.5. The van der Waals surface area contributed by atoms with Gasteiger partial charge in [0.05, 0.1) is 23.3 Å². The van der Waals surface area contributed by atoms with Gasteiger partial charge in [0.2, 0.25) is 0 Å². The lowest BCUT2D eigenvalue weighted by atomic mass is 9.65. The van der Waals surface area contributed by atoms with E-state index in [1.807, 2.05) is 71.2 Å². The number of unbranched alkanes of at least 4 members (excludes halogenated alkanes) is 2. The number of halogens is 2. The van der Waals surface area contributed by atoms with E-state index >= 15 is 0 Å². The highest BCUT2D eigenvalue weighted by Crippen LogP contribution is 2.61. The van der Waals surface area contributed by atoms with E-state index < -0.39 is 0 Å². The van der Waals surface area contributed by atoms with Crippen molar-refractivity contribution in [3.05, 3.63) is 102 Å². The highest BCUT2D eigenvalue weighted by molar-refractivity contribution is 9.10. The second-order valence-electron chi connectivity index (χ2n) is 13.5. The third-order valence-corrected chi connectivity index (χ3v) is 13.6. The largest absolute Gasteiger partial charge is 0.192 e. The van der Waals surface area contributed by atoms with Crippen molar-refractivity contribution in [2.24, 2.45) is 11.8 Å². The molecule has 1 aliphatic rings. The fraction of sp³-hybridized carbons (Fsp3) is 0.395. The Morgan fingerprint density at radius 3 is 1.39 bits per heavy atom. The maximum atomic E-state index is 10.2. The van der Waals surface area contributed by atoms with Gasteiger partial charge in [0.15, 0.2) is 0 Å². The maximum Gasteiger partial charge on any atom is 0.0998 e. The average molecular weight is 815 g/mol. The number of fused-ring (bicyclic) bond motifs is 3. The summed E-state index contributed by atoms with van der Waals surface area (Å²) in [6.45, 7) is 9.35. The van der Waals surface area contributed by atoms with E-state index in [0.29, 0.717) is 23.0 Å². The van der Waals surface area contributed by atoms with Crippen LogP contribution in [0.1, 0.15) is 124 Å². The summed E-state index contributed by atoms with van der Waals surface area (Å²) in [6.07, 6.45) is 16.3. The molecule has 0 amide bonds. The number of thiophene rings is 2. The number of rotatable bonds is 16. The second-order valence-corrected chi connectivity index (χ2v) is 17.5. The van der Waals surface area contributed by atoms with Gasteiger partial charge in [-0.2, -0.15) is 10.5 Å². The van der Waals surface area contributed by atoms with Crippen molar-refractivity contribution < 1.29 is 0 Å². The number of hydrogen-bond donors (Lipinski definition) is 0. The monoisotopic (exact) mass is 812 g/mol. The molecule has 4 aromatic rings. The van der Waals surface area contributed by atoms with Crippen LogP contribution in [-0.4, -0.2) is 0 Å². The van der Waals surface area contributed by atoms with Crippen molar-refractivity contribution >= 4 is 77.8 Å². The van der Waals surface area contributed by atoms with E-state index in [1.165, 1.54) is 72.2 Å². The standard InChI is InChI=1S/C43H46Br2N2S2/c1-5-9-11-29(7-3)25-43(26-30(8-4)12-10-6-2)39-23-37(21-33(27-46)31-13-17-35(44)18-14-31)48-41(39)42-40(43)24-38(49-42)22-34(28-47)32-15-19-36(45)20-16-32/h13-24,29-30H,5-12,25-26H2,1-4H3/b33-21+,34-22+. The lowest BCUT2D eigenvalue weighted by molar-refractivity contribution is 0.266. The fourth-order valence-corrected chi connectivity index (χ4v) is 10.5. The van der Waals surface area contributed by atoms with Crippen LogP contribution in [0.5, 0.6) is 0 Å². The summed E-state index contributed by atoms with van der Waals surface area (Å²) in [6, 6.07) is 25.9. The highest BCUT2D eigenvalue weighted by Gasteiger charge is 2.47. The molecule has 6 heteroatoms. The van der Waals surface area contributed by atoms with Gasteiger partial charge in [0, 0.05) is 33.9 Å². The molecule has 2 aromatic heterocycles. The zero-order valence-electron chi connectivity index (χ0n) is 29.1. The molecule has 0 saturated carbocycles. The van der Waals surface area contributed by atoms with Crippen LogP contribution in [0.4, 0.5) is 0 Å². The second kappa shape index (κ2) is 17.5. The third kappa shape index (κ3) is 8.60. The molecule has 0 saturated heterocycles. The molecule has 2 aromatic carbocycles. The molecule has 0 fully saturated rings. The van der Waals surface area contributed by atoms with Gasteiger partial charge < -0.3 is 0 Å². The smallest absolute Gasteiger partial charge is 0.0998 e. The maximum absolute atomic E-state index is 10.2. The van der Waals surface area contributed by atoms with E-state index in [0.717, 1.165) is 42.7 Å². The first-order chi connectivity index (χ1) is 23.8. The van der Waals surface area contributed by atoms with Crippen LogP contribution in [0, 0.1) is 34.5 Å². The summed E-state index contributed by atoms with van der Waals surface area (Å²) in [7, 11) is 0. The Hall–Kier alpha value is -2.74. The van der Waals surface area contributed by atoms with E-state index in [-0.39, 0.29) is 5.41 Å². The molecule has 0 N–H and O–H groups in total. The lowest BCUT2D eigenvalue weighted by Crippen LogP contribution is -2.31. The summed E-state index contributed by atoms with van der Waals surface area (Å²) in [5.74, 6) is 1.27. The van der Waals surface area contributed by atoms with Gasteiger partial charge in [-0.1, -0.05) is 135 Å². The molecule has 0 aliphatic heterocycles. The van der Waals surface area contributed by atoms with Gasteiger partial charge in [-0.25, -0.2) is 0 Å². The van der Waals surface area contributed by atoms with Crippen molar-refractivity contribution in [3.8, 4) is 21.9 Å². The van der Waals surface area contributed by atoms with Gasteiger partial charge >= 0.3 is 0 Å². The minimum Gasteiger partial charge on any atom is -0.192 e. The van der Waals surface area contributed by atoms with Crippen molar-refractivity contribution in [3.63, 3.8) is 0 Å². The molecule has 5 rings (SSSR count). The summed E-state index contributed by atoms with van der Waals surface area (Å²) in [4.78, 5) is 5.00. The van der Waals surface area contributed by atoms with E-state index in [4.69, 9.17) is 0 Å². The van der Waals surface area contributed by atoms with E-state index in [1.54, 1.807) is 0 Å². The average Bonchev–Trinajstić information content (AvgIpc) is 3.79. The Labute approximate surface area is 318 Å². The Morgan fingerprint density at radius 2 is 1.06 bits per heavy atom. The summed E-state index contributed by atoms with van der Waals surface area (Å²) in [5.41, 5.74) is 6.08. The van der Waals surface area contributed by atoms with Gasteiger partial charge in [0.1, 0.15) is 0 Å². The van der Waals surface area contributed by atoms with Gasteiger partial charge in [-0.3, -0.25) is 0 Å².